The van der Waals surface area contributed by atoms with E-state index < -0.39 is 86.8 Å². The molecule has 2 aliphatic rings. The Morgan fingerprint density at radius 2 is 1.17 bits per heavy atom. The van der Waals surface area contributed by atoms with Crippen LogP contribution in [0, 0.1) is 0 Å². The van der Waals surface area contributed by atoms with Gasteiger partial charge >= 0.3 is 0 Å². The van der Waals surface area contributed by atoms with Crippen molar-refractivity contribution in [3.05, 3.63) is 12.2 Å². The van der Waals surface area contributed by atoms with Crippen LogP contribution in [0.25, 0.3) is 0 Å². The number of carbonyl (C=O) groups excluding carboxylic acids is 1. The molecule has 14 heteroatoms. The normalized spacial score (nSPS) is 30.5. The number of hydrogen-bond acceptors (Lipinski definition) is 13. The Balaban J connectivity index is 1.95. The molecule has 2 rings (SSSR count). The fourth-order valence-electron chi connectivity index (χ4n) is 6.76. The highest BCUT2D eigenvalue weighted by Crippen LogP contribution is 2.29. The van der Waals surface area contributed by atoms with Gasteiger partial charge in [-0.25, -0.2) is 0 Å². The van der Waals surface area contributed by atoms with Crippen LogP contribution in [-0.2, 0) is 23.7 Å². The van der Waals surface area contributed by atoms with Gasteiger partial charge in [-0.2, -0.15) is 0 Å². The summed E-state index contributed by atoms with van der Waals surface area (Å²) in [6.45, 7) is 2.68. The summed E-state index contributed by atoms with van der Waals surface area (Å²) >= 11 is 0. The second-order valence-electron chi connectivity index (χ2n) is 14.8. The summed E-state index contributed by atoms with van der Waals surface area (Å²) in [6.07, 6.45) is 7.24. The average molecular weight is 764 g/mol. The quantitative estimate of drug-likeness (QED) is 0.0395. The molecule has 12 atom stereocenters. The summed E-state index contributed by atoms with van der Waals surface area (Å²) in [5.41, 5.74) is 0. The minimum absolute atomic E-state index is 0.249. The largest absolute Gasteiger partial charge is 0.394 e. The first kappa shape index (κ1) is 47.9. The zero-order chi connectivity index (χ0) is 39.0. The van der Waals surface area contributed by atoms with Gasteiger partial charge in [0.15, 0.2) is 12.6 Å². The molecule has 0 bridgehead atoms. The van der Waals surface area contributed by atoms with E-state index in [1.54, 1.807) is 6.08 Å². The molecule has 2 heterocycles. The van der Waals surface area contributed by atoms with E-state index in [1.165, 1.54) is 70.6 Å². The molecule has 0 aliphatic carbocycles. The van der Waals surface area contributed by atoms with E-state index in [0.29, 0.717) is 6.42 Å². The van der Waals surface area contributed by atoms with Crippen LogP contribution in [0.15, 0.2) is 12.2 Å². The van der Waals surface area contributed by atoms with Crippen molar-refractivity contribution in [1.82, 2.24) is 5.32 Å². The van der Waals surface area contributed by atoms with Crippen LogP contribution < -0.4 is 5.32 Å². The number of rotatable bonds is 29. The van der Waals surface area contributed by atoms with Crippen molar-refractivity contribution in [2.75, 3.05) is 19.8 Å². The van der Waals surface area contributed by atoms with E-state index >= 15 is 0 Å². The van der Waals surface area contributed by atoms with Gasteiger partial charge in [0.05, 0.1) is 32.0 Å². The molecule has 12 unspecified atom stereocenters. The lowest BCUT2D eigenvalue weighted by atomic mass is 9.97. The SMILES string of the molecule is CCCCCCCCCCCC/C=C/C(O)C(COC1OC(CO)C(OC2OC(CO)C(O)C(O)C2O)C(O)C1O)NC(=O)CCCCCCCCC. The van der Waals surface area contributed by atoms with Crippen molar-refractivity contribution in [3.8, 4) is 0 Å². The summed E-state index contributed by atoms with van der Waals surface area (Å²) < 4.78 is 22.5. The van der Waals surface area contributed by atoms with Gasteiger partial charge in [-0.05, 0) is 19.3 Å². The Labute approximate surface area is 316 Å². The predicted molar refractivity (Wildman–Crippen MR) is 199 cm³/mol. The first-order valence-electron chi connectivity index (χ1n) is 20.4. The molecule has 0 spiro atoms. The highest BCUT2D eigenvalue weighted by Gasteiger charge is 2.50. The number of aliphatic hydroxyl groups is 8. The van der Waals surface area contributed by atoms with Crippen molar-refractivity contribution >= 4 is 5.91 Å². The number of ether oxygens (including phenoxy) is 4. The molecular formula is C39H73NO13. The molecule has 312 valence electrons. The zero-order valence-electron chi connectivity index (χ0n) is 32.3. The lowest BCUT2D eigenvalue weighted by molar-refractivity contribution is -0.359. The van der Waals surface area contributed by atoms with Crippen molar-refractivity contribution in [2.24, 2.45) is 0 Å². The third kappa shape index (κ3) is 17.6. The Kier molecular flexibility index (Phi) is 25.5. The first-order valence-corrected chi connectivity index (χ1v) is 20.4. The van der Waals surface area contributed by atoms with Crippen molar-refractivity contribution < 1.29 is 64.6 Å². The molecule has 9 N–H and O–H groups in total. The van der Waals surface area contributed by atoms with Crippen LogP contribution in [0.4, 0.5) is 0 Å². The van der Waals surface area contributed by atoms with Gasteiger partial charge in [0.1, 0.15) is 48.8 Å². The Morgan fingerprint density at radius 3 is 1.74 bits per heavy atom. The van der Waals surface area contributed by atoms with Gasteiger partial charge in [0, 0.05) is 6.42 Å². The monoisotopic (exact) mass is 764 g/mol. The predicted octanol–water partition coefficient (Wildman–Crippen LogP) is 2.48. The van der Waals surface area contributed by atoms with Crippen LogP contribution in [0.2, 0.25) is 0 Å². The number of allylic oxidation sites excluding steroid dienone is 1. The maximum atomic E-state index is 12.9. The highest BCUT2D eigenvalue weighted by atomic mass is 16.7. The standard InChI is InChI=1S/C39H73NO13/c1-3-5-7-9-11-12-13-14-15-17-18-20-22-28(43)27(40-31(44)23-21-19-16-10-8-6-4-2)26-50-38-36(49)34(47)37(30(25-42)52-38)53-39-35(48)33(46)32(45)29(24-41)51-39/h20,22,27-30,32-39,41-43,45-49H,3-19,21,23-26H2,1-2H3,(H,40,44)/b22-20+. The average Bonchev–Trinajstić information content (AvgIpc) is 3.15. The van der Waals surface area contributed by atoms with Gasteiger partial charge in [-0.3, -0.25) is 4.79 Å². The molecule has 53 heavy (non-hydrogen) atoms. The molecule has 2 aliphatic heterocycles. The maximum Gasteiger partial charge on any atom is 0.220 e. The van der Waals surface area contributed by atoms with E-state index in [1.807, 2.05) is 6.08 Å². The van der Waals surface area contributed by atoms with Crippen LogP contribution in [-0.4, -0.2) is 140 Å². The molecule has 2 saturated heterocycles. The molecule has 14 nitrogen and oxygen atoms in total. The minimum atomic E-state index is -1.78. The molecule has 2 fully saturated rings. The topological polar surface area (TPSA) is 228 Å². The summed E-state index contributed by atoms with van der Waals surface area (Å²) in [6, 6.07) is -0.903. The Bertz CT molecular complexity index is 956. The van der Waals surface area contributed by atoms with Crippen molar-refractivity contribution in [2.45, 2.75) is 209 Å². The lowest BCUT2D eigenvalue weighted by Gasteiger charge is -2.46. The highest BCUT2D eigenvalue weighted by molar-refractivity contribution is 5.76. The van der Waals surface area contributed by atoms with E-state index in [4.69, 9.17) is 18.9 Å². The van der Waals surface area contributed by atoms with Crippen molar-refractivity contribution in [3.63, 3.8) is 0 Å². The maximum absolute atomic E-state index is 12.9. The molecule has 0 radical (unpaired) electrons. The van der Waals surface area contributed by atoms with Crippen LogP contribution >= 0.6 is 0 Å². The summed E-state index contributed by atoms with van der Waals surface area (Å²) in [7, 11) is 0. The summed E-state index contributed by atoms with van der Waals surface area (Å²) in [5.74, 6) is -0.249. The number of unbranched alkanes of at least 4 members (excludes halogenated alkanes) is 16. The van der Waals surface area contributed by atoms with Crippen LogP contribution in [0.3, 0.4) is 0 Å². The van der Waals surface area contributed by atoms with E-state index in [-0.39, 0.29) is 18.9 Å². The smallest absolute Gasteiger partial charge is 0.220 e. The number of aliphatic hydroxyl groups excluding tert-OH is 8. The van der Waals surface area contributed by atoms with Gasteiger partial charge in [-0.15, -0.1) is 0 Å². The Hall–Kier alpha value is -1.27. The molecular weight excluding hydrogens is 690 g/mol. The van der Waals surface area contributed by atoms with E-state index in [9.17, 15) is 45.6 Å². The zero-order valence-corrected chi connectivity index (χ0v) is 32.3. The minimum Gasteiger partial charge on any atom is -0.394 e. The number of carbonyl (C=O) groups is 1. The summed E-state index contributed by atoms with van der Waals surface area (Å²) in [5, 5.41) is 86.0. The first-order chi connectivity index (χ1) is 25.6. The molecule has 1 amide bonds. The third-order valence-electron chi connectivity index (χ3n) is 10.2. The Morgan fingerprint density at radius 1 is 0.660 bits per heavy atom. The number of amides is 1. The lowest BCUT2D eigenvalue weighted by Crippen LogP contribution is -2.65. The molecule has 0 aromatic heterocycles. The molecule has 0 aromatic carbocycles. The van der Waals surface area contributed by atoms with E-state index in [2.05, 4.69) is 19.2 Å². The number of hydrogen-bond donors (Lipinski definition) is 9. The van der Waals surface area contributed by atoms with E-state index in [0.717, 1.165) is 38.5 Å². The molecule has 0 aromatic rings. The number of nitrogens with one attached hydrogen (secondary N) is 1. The van der Waals surface area contributed by atoms with Gasteiger partial charge in [-0.1, -0.05) is 122 Å². The fourth-order valence-corrected chi connectivity index (χ4v) is 6.76. The van der Waals surface area contributed by atoms with Gasteiger partial charge in [0.25, 0.3) is 0 Å². The van der Waals surface area contributed by atoms with Crippen molar-refractivity contribution in [1.29, 1.82) is 0 Å². The summed E-state index contributed by atoms with van der Waals surface area (Å²) in [4.78, 5) is 12.9. The van der Waals surface area contributed by atoms with Crippen LogP contribution in [0.5, 0.6) is 0 Å². The van der Waals surface area contributed by atoms with Crippen LogP contribution in [0.1, 0.15) is 136 Å². The second kappa shape index (κ2) is 28.2. The molecule has 0 saturated carbocycles. The van der Waals surface area contributed by atoms with Gasteiger partial charge in [0.2, 0.25) is 5.91 Å². The third-order valence-corrected chi connectivity index (χ3v) is 10.2. The van der Waals surface area contributed by atoms with Gasteiger partial charge < -0.3 is 65.1 Å². The fraction of sp³-hybridized carbons (Fsp3) is 0.923. The second-order valence-corrected chi connectivity index (χ2v) is 14.8.